The van der Waals surface area contributed by atoms with Gasteiger partial charge < -0.3 is 10.1 Å². The highest BCUT2D eigenvalue weighted by Crippen LogP contribution is 2.29. The van der Waals surface area contributed by atoms with Crippen molar-refractivity contribution in [1.82, 2.24) is 19.8 Å². The van der Waals surface area contributed by atoms with E-state index >= 15 is 0 Å². The van der Waals surface area contributed by atoms with Gasteiger partial charge in [-0.15, -0.1) is 15.3 Å². The van der Waals surface area contributed by atoms with Gasteiger partial charge in [0.15, 0.2) is 11.5 Å². The van der Waals surface area contributed by atoms with Crippen LogP contribution in [0.25, 0.3) is 5.65 Å². The normalized spacial score (nSPS) is 18.8. The topological polar surface area (TPSA) is 64.3 Å². The maximum Gasteiger partial charge on any atom is 0.178 e. The Kier molecular flexibility index (Phi) is 4.13. The summed E-state index contributed by atoms with van der Waals surface area (Å²) in [6, 6.07) is 14.4. The van der Waals surface area contributed by atoms with Crippen molar-refractivity contribution in [3.05, 3.63) is 53.9 Å². The molecule has 6 heteroatoms. The lowest BCUT2D eigenvalue weighted by Gasteiger charge is -2.25. The first-order valence-electron chi connectivity index (χ1n) is 8.49. The van der Waals surface area contributed by atoms with Crippen molar-refractivity contribution in [3.63, 3.8) is 0 Å². The maximum absolute atomic E-state index is 5.94. The van der Waals surface area contributed by atoms with Crippen molar-refractivity contribution in [1.29, 1.82) is 0 Å². The number of hydrogen-bond donors (Lipinski definition) is 1. The first-order valence-corrected chi connectivity index (χ1v) is 8.49. The first kappa shape index (κ1) is 15.1. The fourth-order valence-electron chi connectivity index (χ4n) is 3.21. The molecule has 0 saturated carbocycles. The molecule has 4 rings (SSSR count). The Balaban J connectivity index is 1.66. The summed E-state index contributed by atoms with van der Waals surface area (Å²) < 4.78 is 7.74. The van der Waals surface area contributed by atoms with Crippen LogP contribution in [0.3, 0.4) is 0 Å². The molecule has 2 aromatic heterocycles. The van der Waals surface area contributed by atoms with Crippen LogP contribution < -0.4 is 5.32 Å². The minimum absolute atomic E-state index is 0.0835. The van der Waals surface area contributed by atoms with Crippen LogP contribution in [0.2, 0.25) is 0 Å². The Morgan fingerprint density at radius 2 is 2.08 bits per heavy atom. The molecule has 24 heavy (non-hydrogen) atoms. The second-order valence-electron chi connectivity index (χ2n) is 6.04. The molecule has 0 aliphatic carbocycles. The molecule has 1 aromatic carbocycles. The molecular weight excluding hydrogens is 302 g/mol. The van der Waals surface area contributed by atoms with Gasteiger partial charge in [-0.2, -0.15) is 4.52 Å². The van der Waals surface area contributed by atoms with Crippen LogP contribution >= 0.6 is 0 Å². The summed E-state index contributed by atoms with van der Waals surface area (Å²) in [6.07, 6.45) is 3.12. The summed E-state index contributed by atoms with van der Waals surface area (Å²) in [6.45, 7) is 2.88. The van der Waals surface area contributed by atoms with E-state index in [0.717, 1.165) is 43.2 Å². The van der Waals surface area contributed by atoms with Gasteiger partial charge in [0.2, 0.25) is 0 Å². The van der Waals surface area contributed by atoms with Crippen LogP contribution in [-0.2, 0) is 11.2 Å². The monoisotopic (exact) mass is 323 g/mol. The molecule has 3 aromatic rings. The molecule has 1 N–H and O–H groups in total. The molecule has 124 valence electrons. The average molecular weight is 323 g/mol. The van der Waals surface area contributed by atoms with Crippen LogP contribution in [0.4, 0.5) is 5.82 Å². The van der Waals surface area contributed by atoms with Gasteiger partial charge >= 0.3 is 0 Å². The highest BCUT2D eigenvalue weighted by molar-refractivity contribution is 5.45. The number of hydrogen-bond acceptors (Lipinski definition) is 5. The van der Waals surface area contributed by atoms with Gasteiger partial charge in [0, 0.05) is 13.0 Å². The zero-order chi connectivity index (χ0) is 16.4. The summed E-state index contributed by atoms with van der Waals surface area (Å²) in [5.74, 6) is 1.67. The lowest BCUT2D eigenvalue weighted by atomic mass is 9.99. The van der Waals surface area contributed by atoms with E-state index in [-0.39, 0.29) is 12.1 Å². The number of aromatic nitrogens is 4. The summed E-state index contributed by atoms with van der Waals surface area (Å²) in [7, 11) is 0. The Bertz CT molecular complexity index is 811. The maximum atomic E-state index is 5.94. The average Bonchev–Trinajstić information content (AvgIpc) is 3.29. The number of rotatable bonds is 5. The van der Waals surface area contributed by atoms with Crippen LogP contribution in [-0.4, -0.2) is 32.5 Å². The van der Waals surface area contributed by atoms with E-state index in [2.05, 4.69) is 51.8 Å². The molecule has 0 unspecified atom stereocenters. The summed E-state index contributed by atoms with van der Waals surface area (Å²) in [5, 5.41) is 16.5. The highest BCUT2D eigenvalue weighted by atomic mass is 16.5. The minimum Gasteiger partial charge on any atom is -0.376 e. The predicted molar refractivity (Wildman–Crippen MR) is 91.9 cm³/mol. The number of fused-ring (bicyclic) bond motifs is 1. The van der Waals surface area contributed by atoms with Gasteiger partial charge in [0.1, 0.15) is 5.82 Å². The molecule has 0 spiro atoms. The second-order valence-corrected chi connectivity index (χ2v) is 6.04. The third-order valence-electron chi connectivity index (χ3n) is 4.44. The molecule has 3 heterocycles. The van der Waals surface area contributed by atoms with Crippen molar-refractivity contribution in [2.75, 3.05) is 11.9 Å². The fourth-order valence-corrected chi connectivity index (χ4v) is 3.21. The molecule has 2 atom stereocenters. The Morgan fingerprint density at radius 1 is 1.21 bits per heavy atom. The van der Waals surface area contributed by atoms with Crippen molar-refractivity contribution in [2.24, 2.45) is 0 Å². The molecule has 1 aliphatic rings. The van der Waals surface area contributed by atoms with E-state index < -0.39 is 0 Å². The van der Waals surface area contributed by atoms with E-state index in [9.17, 15) is 0 Å². The number of nitrogens with one attached hydrogen (secondary N) is 1. The quantitative estimate of drug-likeness (QED) is 0.782. The highest BCUT2D eigenvalue weighted by Gasteiger charge is 2.27. The SMILES string of the molecule is CCc1nnc2ccc(N[C@H](c3ccccc3)[C@@H]3CCCO3)nn12. The molecule has 1 saturated heterocycles. The predicted octanol–water partition coefficient (Wildman–Crippen LogP) is 3.02. The smallest absolute Gasteiger partial charge is 0.178 e. The first-order chi connectivity index (χ1) is 11.8. The van der Waals surface area contributed by atoms with Crippen LogP contribution in [0, 0.1) is 0 Å². The van der Waals surface area contributed by atoms with Gasteiger partial charge in [0.05, 0.1) is 12.1 Å². The molecule has 6 nitrogen and oxygen atoms in total. The van der Waals surface area contributed by atoms with Crippen LogP contribution in [0.15, 0.2) is 42.5 Å². The van der Waals surface area contributed by atoms with E-state index in [1.54, 1.807) is 4.52 Å². The summed E-state index contributed by atoms with van der Waals surface area (Å²) in [4.78, 5) is 0. The third-order valence-corrected chi connectivity index (χ3v) is 4.44. The Hall–Kier alpha value is -2.47. The van der Waals surface area contributed by atoms with Crippen LogP contribution in [0.5, 0.6) is 0 Å². The summed E-state index contributed by atoms with van der Waals surface area (Å²) >= 11 is 0. The van der Waals surface area contributed by atoms with E-state index in [1.807, 2.05) is 18.2 Å². The molecule has 0 bridgehead atoms. The third kappa shape index (κ3) is 2.85. The summed E-state index contributed by atoms with van der Waals surface area (Å²) in [5.41, 5.74) is 1.98. The van der Waals surface area contributed by atoms with Crippen molar-refractivity contribution in [2.45, 2.75) is 38.3 Å². The minimum atomic E-state index is 0.0835. The molecular formula is C18H21N5O. The molecule has 1 aliphatic heterocycles. The molecule has 1 fully saturated rings. The number of nitrogens with zero attached hydrogens (tertiary/aromatic N) is 4. The molecule has 0 amide bonds. The van der Waals surface area contributed by atoms with Gasteiger partial charge in [-0.1, -0.05) is 37.3 Å². The van der Waals surface area contributed by atoms with Crippen LogP contribution in [0.1, 0.15) is 37.2 Å². The number of ether oxygens (including phenoxy) is 1. The van der Waals surface area contributed by atoms with Crippen molar-refractivity contribution < 1.29 is 4.74 Å². The molecule has 0 radical (unpaired) electrons. The number of aryl methyl sites for hydroxylation is 1. The zero-order valence-corrected chi connectivity index (χ0v) is 13.7. The Morgan fingerprint density at radius 3 is 2.83 bits per heavy atom. The van der Waals surface area contributed by atoms with Gasteiger partial charge in [0.25, 0.3) is 0 Å². The van der Waals surface area contributed by atoms with Gasteiger partial charge in [-0.3, -0.25) is 0 Å². The van der Waals surface area contributed by atoms with Crippen molar-refractivity contribution in [3.8, 4) is 0 Å². The fraction of sp³-hybridized carbons (Fsp3) is 0.389. The lowest BCUT2D eigenvalue weighted by Crippen LogP contribution is -2.25. The van der Waals surface area contributed by atoms with Gasteiger partial charge in [-0.05, 0) is 30.5 Å². The Labute approximate surface area is 140 Å². The van der Waals surface area contributed by atoms with E-state index in [0.29, 0.717) is 0 Å². The van der Waals surface area contributed by atoms with Gasteiger partial charge in [-0.25, -0.2) is 0 Å². The largest absolute Gasteiger partial charge is 0.376 e. The van der Waals surface area contributed by atoms with E-state index in [1.165, 1.54) is 5.56 Å². The zero-order valence-electron chi connectivity index (χ0n) is 13.7. The van der Waals surface area contributed by atoms with E-state index in [4.69, 9.17) is 4.74 Å². The number of benzene rings is 1. The van der Waals surface area contributed by atoms with Crippen molar-refractivity contribution >= 4 is 11.5 Å². The number of anilines is 1. The second kappa shape index (κ2) is 6.57. The standard InChI is InChI=1S/C18H21N5O/c1-2-16-20-21-17-11-10-15(22-23(16)17)19-18(14-9-6-12-24-14)13-7-4-3-5-8-13/h3-5,7-8,10-11,14,18H,2,6,9,12H2,1H3,(H,19,22)/t14-,18+/m0/s1. The lowest BCUT2D eigenvalue weighted by molar-refractivity contribution is 0.0953.